The van der Waals surface area contributed by atoms with Crippen LogP contribution in [0.4, 0.5) is 4.79 Å². The van der Waals surface area contributed by atoms with Gasteiger partial charge < -0.3 is 16.0 Å². The van der Waals surface area contributed by atoms with Crippen LogP contribution in [0.1, 0.15) is 32.6 Å². The Morgan fingerprint density at radius 2 is 2.05 bits per heavy atom. The van der Waals surface area contributed by atoms with E-state index in [-0.39, 0.29) is 11.8 Å². The lowest BCUT2D eigenvalue weighted by Gasteiger charge is -2.28. The van der Waals surface area contributed by atoms with Gasteiger partial charge in [0.15, 0.2) is 0 Å². The molecule has 1 saturated carbocycles. The van der Waals surface area contributed by atoms with E-state index in [1.165, 1.54) is 0 Å². The number of hydrogen-bond donors (Lipinski definition) is 3. The normalized spacial score (nSPS) is 25.9. The lowest BCUT2D eigenvalue weighted by atomic mass is 9.97. The van der Waals surface area contributed by atoms with Gasteiger partial charge in [0, 0.05) is 25.6 Å². The Kier molecular flexibility index (Phi) is 3.61. The minimum atomic E-state index is -0.759. The zero-order valence-corrected chi connectivity index (χ0v) is 12.3. The summed E-state index contributed by atoms with van der Waals surface area (Å²) in [5.41, 5.74) is -0.747. The molecule has 0 aromatic rings. The van der Waals surface area contributed by atoms with E-state index >= 15 is 0 Å². The molecule has 7 nitrogen and oxygen atoms in total. The van der Waals surface area contributed by atoms with Crippen molar-refractivity contribution in [3.63, 3.8) is 0 Å². The maximum atomic E-state index is 12.5. The first-order chi connectivity index (χ1) is 10.0. The van der Waals surface area contributed by atoms with Crippen LogP contribution in [0.3, 0.4) is 0 Å². The van der Waals surface area contributed by atoms with E-state index in [4.69, 9.17) is 0 Å². The van der Waals surface area contributed by atoms with E-state index in [0.29, 0.717) is 25.3 Å². The van der Waals surface area contributed by atoms with Crippen molar-refractivity contribution in [2.75, 3.05) is 19.6 Å². The molecule has 0 bridgehead atoms. The zero-order valence-electron chi connectivity index (χ0n) is 12.3. The minimum absolute atomic E-state index is 0.238. The molecular formula is C14H22N4O3. The predicted molar refractivity (Wildman–Crippen MR) is 75.4 cm³/mol. The third-order valence-electron chi connectivity index (χ3n) is 4.85. The van der Waals surface area contributed by atoms with Crippen molar-refractivity contribution in [3.05, 3.63) is 0 Å². The lowest BCUT2D eigenvalue weighted by Crippen LogP contribution is -2.53. The summed E-state index contributed by atoms with van der Waals surface area (Å²) in [6, 6.07) is -1.19. The van der Waals surface area contributed by atoms with Crippen LogP contribution in [0, 0.1) is 5.92 Å². The maximum Gasteiger partial charge on any atom is 0.325 e. The lowest BCUT2D eigenvalue weighted by molar-refractivity contribution is -0.137. The first-order valence-electron chi connectivity index (χ1n) is 7.68. The number of hydrogen-bond acceptors (Lipinski definition) is 4. The molecule has 3 aliphatic rings. The van der Waals surface area contributed by atoms with Crippen molar-refractivity contribution in [1.82, 2.24) is 20.9 Å². The summed E-state index contributed by atoms with van der Waals surface area (Å²) in [7, 11) is 0. The molecule has 1 spiro atoms. The molecule has 1 atom stereocenters. The van der Waals surface area contributed by atoms with E-state index < -0.39 is 17.6 Å². The van der Waals surface area contributed by atoms with Crippen molar-refractivity contribution >= 4 is 17.8 Å². The highest BCUT2D eigenvalue weighted by Gasteiger charge is 2.54. The van der Waals surface area contributed by atoms with Gasteiger partial charge in [-0.3, -0.25) is 9.59 Å². The fourth-order valence-electron chi connectivity index (χ4n) is 3.31. The SMILES string of the molecule is CC(C(=O)NCC1CNC1)N1C(=O)NC2(CCCC2)C1=O. The summed E-state index contributed by atoms with van der Waals surface area (Å²) in [5.74, 6) is -0.0520. The molecule has 1 unspecified atom stereocenters. The van der Waals surface area contributed by atoms with E-state index in [1.54, 1.807) is 6.92 Å². The second-order valence-electron chi connectivity index (χ2n) is 6.34. The molecule has 0 aromatic carbocycles. The Hall–Kier alpha value is -1.63. The molecule has 0 radical (unpaired) electrons. The van der Waals surface area contributed by atoms with Gasteiger partial charge >= 0.3 is 6.03 Å². The number of urea groups is 1. The number of carbonyl (C=O) groups excluding carboxylic acids is 3. The Morgan fingerprint density at radius 1 is 1.38 bits per heavy atom. The summed E-state index contributed by atoms with van der Waals surface area (Å²) in [5, 5.41) is 8.76. The van der Waals surface area contributed by atoms with Crippen molar-refractivity contribution in [1.29, 1.82) is 0 Å². The summed E-state index contributed by atoms with van der Waals surface area (Å²) >= 11 is 0. The molecule has 0 aromatic heterocycles. The average molecular weight is 294 g/mol. The van der Waals surface area contributed by atoms with Gasteiger partial charge in [-0.05, 0) is 19.8 Å². The Labute approximate surface area is 123 Å². The number of nitrogens with zero attached hydrogens (tertiary/aromatic N) is 1. The molecule has 21 heavy (non-hydrogen) atoms. The Balaban J connectivity index is 1.63. The van der Waals surface area contributed by atoms with E-state index in [1.807, 2.05) is 0 Å². The molecule has 2 aliphatic heterocycles. The van der Waals surface area contributed by atoms with Gasteiger partial charge in [-0.15, -0.1) is 0 Å². The van der Waals surface area contributed by atoms with Gasteiger partial charge in [0.1, 0.15) is 11.6 Å². The quantitative estimate of drug-likeness (QED) is 0.614. The number of rotatable bonds is 4. The van der Waals surface area contributed by atoms with Crippen molar-refractivity contribution in [2.24, 2.45) is 5.92 Å². The highest BCUT2D eigenvalue weighted by molar-refractivity contribution is 6.09. The monoisotopic (exact) mass is 294 g/mol. The van der Waals surface area contributed by atoms with Gasteiger partial charge in [-0.25, -0.2) is 9.69 Å². The maximum absolute atomic E-state index is 12.5. The van der Waals surface area contributed by atoms with Crippen LogP contribution >= 0.6 is 0 Å². The highest BCUT2D eigenvalue weighted by Crippen LogP contribution is 2.35. The predicted octanol–water partition coefficient (Wildman–Crippen LogP) is -0.425. The standard InChI is InChI=1S/C14H22N4O3/c1-9(11(19)16-8-10-6-15-7-10)18-12(20)14(17-13(18)21)4-2-3-5-14/h9-10,15H,2-8H2,1H3,(H,16,19)(H,17,21). The summed E-state index contributed by atoms with van der Waals surface area (Å²) in [4.78, 5) is 37.9. The second-order valence-corrected chi connectivity index (χ2v) is 6.34. The highest BCUT2D eigenvalue weighted by atomic mass is 16.2. The molecular weight excluding hydrogens is 272 g/mol. The molecule has 1 aliphatic carbocycles. The van der Waals surface area contributed by atoms with Gasteiger partial charge in [0.25, 0.3) is 5.91 Å². The molecule has 3 N–H and O–H groups in total. The van der Waals surface area contributed by atoms with Crippen LogP contribution < -0.4 is 16.0 Å². The molecule has 2 heterocycles. The number of imide groups is 1. The van der Waals surface area contributed by atoms with Crippen molar-refractivity contribution in [2.45, 2.75) is 44.2 Å². The second kappa shape index (κ2) is 5.29. The van der Waals surface area contributed by atoms with Crippen molar-refractivity contribution in [3.8, 4) is 0 Å². The first-order valence-corrected chi connectivity index (χ1v) is 7.68. The van der Waals surface area contributed by atoms with Crippen LogP contribution in [0.2, 0.25) is 0 Å². The smallest absolute Gasteiger partial charge is 0.325 e. The fourth-order valence-corrected chi connectivity index (χ4v) is 3.31. The van der Waals surface area contributed by atoms with Crippen molar-refractivity contribution < 1.29 is 14.4 Å². The van der Waals surface area contributed by atoms with E-state index in [0.717, 1.165) is 30.8 Å². The molecule has 7 heteroatoms. The van der Waals surface area contributed by atoms with Gasteiger partial charge in [0.05, 0.1) is 0 Å². The number of carbonyl (C=O) groups is 3. The minimum Gasteiger partial charge on any atom is -0.354 e. The summed E-state index contributed by atoms with van der Waals surface area (Å²) < 4.78 is 0. The van der Waals surface area contributed by atoms with Gasteiger partial charge in [-0.1, -0.05) is 12.8 Å². The van der Waals surface area contributed by atoms with Crippen LogP contribution in [-0.2, 0) is 9.59 Å². The molecule has 3 rings (SSSR count). The molecule has 2 saturated heterocycles. The van der Waals surface area contributed by atoms with Gasteiger partial charge in [0.2, 0.25) is 5.91 Å². The van der Waals surface area contributed by atoms with Crippen LogP contribution in [-0.4, -0.2) is 54.0 Å². The van der Waals surface area contributed by atoms with Gasteiger partial charge in [-0.2, -0.15) is 0 Å². The summed E-state index contributed by atoms with van der Waals surface area (Å²) in [6.07, 6.45) is 3.23. The fraction of sp³-hybridized carbons (Fsp3) is 0.786. The van der Waals surface area contributed by atoms with E-state index in [9.17, 15) is 14.4 Å². The van der Waals surface area contributed by atoms with Crippen LogP contribution in [0.5, 0.6) is 0 Å². The number of amides is 4. The van der Waals surface area contributed by atoms with Crippen LogP contribution in [0.25, 0.3) is 0 Å². The van der Waals surface area contributed by atoms with Crippen LogP contribution in [0.15, 0.2) is 0 Å². The molecule has 4 amide bonds. The first kappa shape index (κ1) is 14.3. The Morgan fingerprint density at radius 3 is 2.62 bits per heavy atom. The van der Waals surface area contributed by atoms with E-state index in [2.05, 4.69) is 16.0 Å². The topological polar surface area (TPSA) is 90.5 Å². The average Bonchev–Trinajstić information content (AvgIpc) is 2.94. The zero-order chi connectivity index (χ0) is 15.0. The summed E-state index contributed by atoms with van der Waals surface area (Å²) in [6.45, 7) is 4.01. The molecule has 3 fully saturated rings. The third kappa shape index (κ3) is 2.39. The number of nitrogens with one attached hydrogen (secondary N) is 3. The molecule has 116 valence electrons. The largest absolute Gasteiger partial charge is 0.354 e. The third-order valence-corrected chi connectivity index (χ3v) is 4.85. The Bertz CT molecular complexity index is 469.